The van der Waals surface area contributed by atoms with E-state index in [0.717, 1.165) is 16.0 Å². The van der Waals surface area contributed by atoms with Crippen molar-refractivity contribution in [2.24, 2.45) is 0 Å². The van der Waals surface area contributed by atoms with Crippen LogP contribution in [0.2, 0.25) is 0 Å². The average molecular weight is 489 g/mol. The number of likely N-dealkylation sites (N-methyl/N-ethyl adjacent to an activating group) is 2. The standard InChI is InChI=1S/C24H27F2N5O4/c1-3-30(19(32)15-29(2)13-17-9-11-18(12-10-17)35-23(25)26)20-21(27)31(24(34)28-22(20)33)14-16-7-5-4-6-8-16/h4-12,23H,3,13-15,27H2,1-2H3,(H,28,33,34)/p+1. The Morgan fingerprint density at radius 1 is 1.11 bits per heavy atom. The second-order valence-electron chi connectivity index (χ2n) is 8.04. The van der Waals surface area contributed by atoms with Crippen LogP contribution in [0.15, 0.2) is 64.2 Å². The van der Waals surface area contributed by atoms with Gasteiger partial charge in [-0.05, 0) is 36.8 Å². The van der Waals surface area contributed by atoms with Gasteiger partial charge in [0.25, 0.3) is 11.5 Å². The van der Waals surface area contributed by atoms with Crippen molar-refractivity contribution in [3.05, 3.63) is 86.6 Å². The van der Waals surface area contributed by atoms with E-state index in [2.05, 4.69) is 9.72 Å². The van der Waals surface area contributed by atoms with E-state index in [-0.39, 0.29) is 42.8 Å². The zero-order chi connectivity index (χ0) is 25.5. The molecule has 0 bridgehead atoms. The minimum Gasteiger partial charge on any atom is -0.435 e. The largest absolute Gasteiger partial charge is 0.435 e. The molecule has 0 spiro atoms. The molecule has 0 radical (unpaired) electrons. The van der Waals surface area contributed by atoms with Crippen molar-refractivity contribution in [2.45, 2.75) is 26.6 Å². The summed E-state index contributed by atoms with van der Waals surface area (Å²) in [5, 5.41) is 0. The molecule has 11 heteroatoms. The van der Waals surface area contributed by atoms with Gasteiger partial charge in [0.05, 0.1) is 13.6 Å². The average Bonchev–Trinajstić information content (AvgIpc) is 2.80. The van der Waals surface area contributed by atoms with Gasteiger partial charge in [-0.3, -0.25) is 24.0 Å². The summed E-state index contributed by atoms with van der Waals surface area (Å²) in [6.45, 7) is -0.428. The van der Waals surface area contributed by atoms with Crippen molar-refractivity contribution >= 4 is 17.4 Å². The highest BCUT2D eigenvalue weighted by Crippen LogP contribution is 2.18. The predicted molar refractivity (Wildman–Crippen MR) is 128 cm³/mol. The lowest BCUT2D eigenvalue weighted by Crippen LogP contribution is -3.09. The highest BCUT2D eigenvalue weighted by atomic mass is 19.3. The molecule has 4 N–H and O–H groups in total. The van der Waals surface area contributed by atoms with Gasteiger partial charge in [0.2, 0.25) is 0 Å². The number of halogens is 2. The molecule has 0 saturated carbocycles. The number of amides is 1. The third-order valence-electron chi connectivity index (χ3n) is 5.39. The molecule has 3 aromatic rings. The van der Waals surface area contributed by atoms with Gasteiger partial charge in [-0.2, -0.15) is 8.78 Å². The molecule has 9 nitrogen and oxygen atoms in total. The fraction of sp³-hybridized carbons (Fsp3) is 0.292. The monoisotopic (exact) mass is 488 g/mol. The van der Waals surface area contributed by atoms with Crippen LogP contribution >= 0.6 is 0 Å². The number of nitrogens with one attached hydrogen (secondary N) is 2. The summed E-state index contributed by atoms with van der Waals surface area (Å²) >= 11 is 0. The van der Waals surface area contributed by atoms with Gasteiger partial charge in [0.15, 0.2) is 12.2 Å². The Morgan fingerprint density at radius 2 is 1.77 bits per heavy atom. The van der Waals surface area contributed by atoms with E-state index < -0.39 is 17.9 Å². The Bertz CT molecular complexity index is 1260. The summed E-state index contributed by atoms with van der Waals surface area (Å²) in [5.41, 5.74) is 6.38. The number of aromatic amines is 1. The number of nitrogens with zero attached hydrogens (tertiary/aromatic N) is 2. The first kappa shape index (κ1) is 25.6. The second-order valence-corrected chi connectivity index (χ2v) is 8.04. The third kappa shape index (κ3) is 6.54. The number of nitrogen functional groups attached to an aromatic ring is 1. The maximum absolute atomic E-state index is 13.1. The van der Waals surface area contributed by atoms with Crippen LogP contribution in [-0.2, 0) is 17.9 Å². The van der Waals surface area contributed by atoms with E-state index in [1.54, 1.807) is 26.1 Å². The number of benzene rings is 2. The normalized spacial score (nSPS) is 11.9. The summed E-state index contributed by atoms with van der Waals surface area (Å²) in [6, 6.07) is 15.3. The van der Waals surface area contributed by atoms with Crippen LogP contribution in [0, 0.1) is 0 Å². The van der Waals surface area contributed by atoms with Crippen molar-refractivity contribution in [1.29, 1.82) is 0 Å². The van der Waals surface area contributed by atoms with Crippen LogP contribution < -0.4 is 31.5 Å². The number of carbonyl (C=O) groups is 1. The Morgan fingerprint density at radius 3 is 2.37 bits per heavy atom. The number of anilines is 2. The van der Waals surface area contributed by atoms with Crippen molar-refractivity contribution in [3.63, 3.8) is 0 Å². The number of rotatable bonds is 10. The van der Waals surface area contributed by atoms with Crippen molar-refractivity contribution in [2.75, 3.05) is 30.8 Å². The molecule has 0 saturated heterocycles. The molecule has 1 unspecified atom stereocenters. The quantitative estimate of drug-likeness (QED) is 0.391. The Balaban J connectivity index is 1.77. The van der Waals surface area contributed by atoms with E-state index in [9.17, 15) is 23.2 Å². The lowest BCUT2D eigenvalue weighted by atomic mass is 10.2. The fourth-order valence-corrected chi connectivity index (χ4v) is 3.77. The number of hydrogen-bond acceptors (Lipinski definition) is 5. The SMILES string of the molecule is CCN(C(=O)C[NH+](C)Cc1ccc(OC(F)F)cc1)c1c(N)n(Cc2ccccc2)c(=O)[nH]c1=O. The van der Waals surface area contributed by atoms with Crippen LogP contribution in [0.5, 0.6) is 5.75 Å². The third-order valence-corrected chi connectivity index (χ3v) is 5.39. The maximum Gasteiger partial charge on any atom is 0.387 e. The first-order valence-electron chi connectivity index (χ1n) is 11.0. The Labute approximate surface area is 200 Å². The number of ether oxygens (including phenoxy) is 1. The van der Waals surface area contributed by atoms with E-state index in [0.29, 0.717) is 6.54 Å². The first-order valence-corrected chi connectivity index (χ1v) is 11.0. The molecular formula is C24H28F2N5O4+. The van der Waals surface area contributed by atoms with Crippen LogP contribution in [0.4, 0.5) is 20.3 Å². The number of nitrogens with two attached hydrogens (primary N) is 1. The number of H-pyrrole nitrogens is 1. The summed E-state index contributed by atoms with van der Waals surface area (Å²) in [5.74, 6) is -0.398. The molecule has 0 fully saturated rings. The molecule has 0 aliphatic rings. The summed E-state index contributed by atoms with van der Waals surface area (Å²) in [7, 11) is 1.79. The van der Waals surface area contributed by atoms with Gasteiger partial charge < -0.3 is 15.4 Å². The molecule has 1 heterocycles. The zero-order valence-electron chi connectivity index (χ0n) is 19.5. The zero-order valence-corrected chi connectivity index (χ0v) is 19.5. The molecule has 1 atom stereocenters. The number of carbonyl (C=O) groups excluding carboxylic acids is 1. The minimum atomic E-state index is -2.90. The fourth-order valence-electron chi connectivity index (χ4n) is 3.77. The van der Waals surface area contributed by atoms with Gasteiger partial charge in [0.1, 0.15) is 18.1 Å². The molecule has 2 aromatic carbocycles. The van der Waals surface area contributed by atoms with Crippen LogP contribution in [0.1, 0.15) is 18.1 Å². The van der Waals surface area contributed by atoms with Gasteiger partial charge in [-0.1, -0.05) is 30.3 Å². The summed E-state index contributed by atoms with van der Waals surface area (Å²) < 4.78 is 30.2. The number of aromatic nitrogens is 2. The molecule has 0 aliphatic carbocycles. The summed E-state index contributed by atoms with van der Waals surface area (Å²) in [6.07, 6.45) is 0. The van der Waals surface area contributed by atoms with E-state index in [4.69, 9.17) is 5.73 Å². The Kier molecular flexibility index (Phi) is 8.37. The molecular weight excluding hydrogens is 460 g/mol. The predicted octanol–water partition coefficient (Wildman–Crippen LogP) is 0.836. The lowest BCUT2D eigenvalue weighted by Gasteiger charge is -2.24. The van der Waals surface area contributed by atoms with Crippen molar-refractivity contribution in [1.82, 2.24) is 9.55 Å². The number of hydrogen-bond donors (Lipinski definition) is 3. The van der Waals surface area contributed by atoms with Gasteiger partial charge >= 0.3 is 12.3 Å². The smallest absolute Gasteiger partial charge is 0.387 e. The van der Waals surface area contributed by atoms with Crippen molar-refractivity contribution < 1.29 is 23.2 Å². The van der Waals surface area contributed by atoms with Crippen LogP contribution in [0.3, 0.4) is 0 Å². The van der Waals surface area contributed by atoms with Gasteiger partial charge in [-0.25, -0.2) is 4.79 Å². The van der Waals surface area contributed by atoms with E-state index in [1.165, 1.54) is 21.6 Å². The minimum absolute atomic E-state index is 0.0276. The van der Waals surface area contributed by atoms with Crippen LogP contribution in [0.25, 0.3) is 0 Å². The van der Waals surface area contributed by atoms with Gasteiger partial charge in [-0.15, -0.1) is 0 Å². The molecule has 186 valence electrons. The molecule has 3 rings (SSSR count). The second kappa shape index (κ2) is 11.4. The van der Waals surface area contributed by atoms with Crippen LogP contribution in [-0.4, -0.2) is 42.2 Å². The highest BCUT2D eigenvalue weighted by Gasteiger charge is 2.25. The number of quaternary nitrogens is 1. The van der Waals surface area contributed by atoms with E-state index in [1.807, 2.05) is 30.3 Å². The Hall–Kier alpha value is -3.99. The maximum atomic E-state index is 13.1. The summed E-state index contributed by atoms with van der Waals surface area (Å²) in [4.78, 5) is 42.5. The molecule has 1 aromatic heterocycles. The first-order chi connectivity index (χ1) is 16.7. The van der Waals surface area contributed by atoms with E-state index >= 15 is 0 Å². The molecule has 35 heavy (non-hydrogen) atoms. The molecule has 0 aliphatic heterocycles. The highest BCUT2D eigenvalue weighted by molar-refractivity contribution is 5.96. The number of alkyl halides is 2. The van der Waals surface area contributed by atoms with Gasteiger partial charge in [0, 0.05) is 12.1 Å². The topological polar surface area (TPSA) is 115 Å². The lowest BCUT2D eigenvalue weighted by molar-refractivity contribution is -0.885. The van der Waals surface area contributed by atoms with Crippen molar-refractivity contribution in [3.8, 4) is 5.75 Å². The molecule has 1 amide bonds.